The van der Waals surface area contributed by atoms with Gasteiger partial charge in [-0.3, -0.25) is 4.79 Å². The molecule has 2 atom stereocenters. The summed E-state index contributed by atoms with van der Waals surface area (Å²) in [5.74, 6) is -0.857. The highest BCUT2D eigenvalue weighted by Crippen LogP contribution is 2.21. The van der Waals surface area contributed by atoms with Gasteiger partial charge in [0.05, 0.1) is 6.04 Å². The Hall–Kier alpha value is -1.56. The van der Waals surface area contributed by atoms with Gasteiger partial charge in [0.25, 0.3) is 0 Å². The first-order valence-corrected chi connectivity index (χ1v) is 7.74. The zero-order chi connectivity index (χ0) is 15.0. The van der Waals surface area contributed by atoms with E-state index in [1.54, 1.807) is 11.3 Å². The summed E-state index contributed by atoms with van der Waals surface area (Å²) in [6.45, 7) is 4.33. The average Bonchev–Trinajstić information content (AvgIpc) is 2.94. The number of rotatable bonds is 8. The van der Waals surface area contributed by atoms with Crippen molar-refractivity contribution < 1.29 is 14.7 Å². The van der Waals surface area contributed by atoms with Crippen molar-refractivity contribution in [3.8, 4) is 0 Å². The normalized spacial score (nSPS) is 13.5. The molecule has 5 nitrogen and oxygen atoms in total. The number of thiophene rings is 1. The Morgan fingerprint density at radius 3 is 2.60 bits per heavy atom. The zero-order valence-corrected chi connectivity index (χ0v) is 12.7. The fourth-order valence-corrected chi connectivity index (χ4v) is 2.78. The summed E-state index contributed by atoms with van der Waals surface area (Å²) < 4.78 is 0. The minimum Gasteiger partial charge on any atom is -0.481 e. The summed E-state index contributed by atoms with van der Waals surface area (Å²) in [5.41, 5.74) is 0. The van der Waals surface area contributed by atoms with Crippen LogP contribution in [0.2, 0.25) is 0 Å². The number of carboxylic acids is 1. The van der Waals surface area contributed by atoms with Crippen LogP contribution in [-0.2, 0) is 4.79 Å². The van der Waals surface area contributed by atoms with Crippen LogP contribution >= 0.6 is 11.3 Å². The lowest BCUT2D eigenvalue weighted by Gasteiger charge is -2.18. The Bertz CT molecular complexity index is 420. The Kier molecular flexibility index (Phi) is 7.08. The van der Waals surface area contributed by atoms with E-state index in [-0.39, 0.29) is 24.4 Å². The van der Waals surface area contributed by atoms with E-state index in [1.165, 1.54) is 0 Å². The number of carbonyl (C=O) groups is 2. The summed E-state index contributed by atoms with van der Waals surface area (Å²) in [7, 11) is 0. The first kappa shape index (κ1) is 16.5. The molecule has 0 saturated carbocycles. The van der Waals surface area contributed by atoms with Gasteiger partial charge in [0.15, 0.2) is 0 Å². The fourth-order valence-electron chi connectivity index (χ4n) is 1.92. The third-order valence-electron chi connectivity index (χ3n) is 3.19. The van der Waals surface area contributed by atoms with Crippen molar-refractivity contribution in [2.75, 3.05) is 6.54 Å². The number of hydrogen-bond donors (Lipinski definition) is 3. The van der Waals surface area contributed by atoms with Crippen molar-refractivity contribution in [2.24, 2.45) is 5.92 Å². The summed E-state index contributed by atoms with van der Waals surface area (Å²) in [4.78, 5) is 23.6. The maximum absolute atomic E-state index is 11.8. The predicted octanol–water partition coefficient (Wildman–Crippen LogP) is 3.00. The van der Waals surface area contributed by atoms with Crippen LogP contribution < -0.4 is 10.6 Å². The third-order valence-corrected chi connectivity index (χ3v) is 4.18. The van der Waals surface area contributed by atoms with Gasteiger partial charge in [0, 0.05) is 17.8 Å². The quantitative estimate of drug-likeness (QED) is 0.690. The van der Waals surface area contributed by atoms with Crippen LogP contribution in [0.4, 0.5) is 4.79 Å². The maximum Gasteiger partial charge on any atom is 0.315 e. The number of aliphatic carboxylic acids is 1. The van der Waals surface area contributed by atoms with E-state index in [0.29, 0.717) is 6.54 Å². The number of nitrogens with one attached hydrogen (secondary N) is 2. The Morgan fingerprint density at radius 2 is 2.10 bits per heavy atom. The van der Waals surface area contributed by atoms with Gasteiger partial charge in [-0.05, 0) is 23.8 Å². The van der Waals surface area contributed by atoms with E-state index in [4.69, 9.17) is 5.11 Å². The van der Waals surface area contributed by atoms with E-state index in [0.717, 1.165) is 17.7 Å². The minimum atomic E-state index is -0.830. The van der Waals surface area contributed by atoms with Crippen molar-refractivity contribution in [3.05, 3.63) is 22.4 Å². The second-order valence-corrected chi connectivity index (χ2v) is 5.68. The standard InChI is InChI=1S/C14H22N2O3S/c1-3-10(8-13(17)18)9-15-14(19)16-11(4-2)12-6-5-7-20-12/h5-7,10-11H,3-4,8-9H2,1-2H3,(H,17,18)(H2,15,16,19). The fraction of sp³-hybridized carbons (Fsp3) is 0.571. The molecule has 6 heteroatoms. The van der Waals surface area contributed by atoms with Gasteiger partial charge >= 0.3 is 12.0 Å². The monoisotopic (exact) mass is 298 g/mol. The molecule has 0 aromatic carbocycles. The van der Waals surface area contributed by atoms with E-state index in [9.17, 15) is 9.59 Å². The molecular formula is C14H22N2O3S. The second-order valence-electron chi connectivity index (χ2n) is 4.70. The lowest BCUT2D eigenvalue weighted by Crippen LogP contribution is -2.40. The Morgan fingerprint density at radius 1 is 1.35 bits per heavy atom. The highest BCUT2D eigenvalue weighted by Gasteiger charge is 2.15. The summed E-state index contributed by atoms with van der Waals surface area (Å²) in [6, 6.07) is 3.73. The highest BCUT2D eigenvalue weighted by atomic mass is 32.1. The van der Waals surface area contributed by atoms with Gasteiger partial charge < -0.3 is 15.7 Å². The molecular weight excluding hydrogens is 276 g/mol. The van der Waals surface area contributed by atoms with Crippen LogP contribution in [0.1, 0.15) is 44.0 Å². The molecule has 1 rings (SSSR count). The summed E-state index contributed by atoms with van der Waals surface area (Å²) in [5, 5.41) is 16.4. The van der Waals surface area contributed by atoms with Crippen LogP contribution in [0.25, 0.3) is 0 Å². The Labute approximate surface area is 123 Å². The molecule has 3 N–H and O–H groups in total. The van der Waals surface area contributed by atoms with E-state index in [1.807, 2.05) is 31.4 Å². The molecule has 1 heterocycles. The molecule has 0 fully saturated rings. The summed E-state index contributed by atoms with van der Waals surface area (Å²) in [6.07, 6.45) is 1.63. The van der Waals surface area contributed by atoms with Gasteiger partial charge in [-0.2, -0.15) is 0 Å². The van der Waals surface area contributed by atoms with Crippen molar-refractivity contribution in [1.29, 1.82) is 0 Å². The molecule has 112 valence electrons. The molecule has 0 aliphatic carbocycles. The number of carboxylic acid groups (broad SMARTS) is 1. The van der Waals surface area contributed by atoms with Crippen molar-refractivity contribution >= 4 is 23.3 Å². The van der Waals surface area contributed by atoms with E-state index >= 15 is 0 Å². The average molecular weight is 298 g/mol. The molecule has 1 aromatic rings. The van der Waals surface area contributed by atoms with Crippen LogP contribution in [-0.4, -0.2) is 23.7 Å². The predicted molar refractivity (Wildman–Crippen MR) is 79.9 cm³/mol. The third kappa shape index (κ3) is 5.61. The van der Waals surface area contributed by atoms with Crippen molar-refractivity contribution in [3.63, 3.8) is 0 Å². The number of carbonyl (C=O) groups excluding carboxylic acids is 1. The largest absolute Gasteiger partial charge is 0.481 e. The molecule has 20 heavy (non-hydrogen) atoms. The van der Waals surface area contributed by atoms with Gasteiger partial charge in [-0.25, -0.2) is 4.79 Å². The van der Waals surface area contributed by atoms with Gasteiger partial charge in [-0.15, -0.1) is 11.3 Å². The zero-order valence-electron chi connectivity index (χ0n) is 11.9. The van der Waals surface area contributed by atoms with Crippen LogP contribution in [0.15, 0.2) is 17.5 Å². The molecule has 1 aromatic heterocycles. The first-order chi connectivity index (χ1) is 9.56. The van der Waals surface area contributed by atoms with Crippen LogP contribution in [0.3, 0.4) is 0 Å². The number of urea groups is 1. The van der Waals surface area contributed by atoms with Gasteiger partial charge in [0.2, 0.25) is 0 Å². The molecule has 0 aliphatic heterocycles. The second kappa shape index (κ2) is 8.58. The molecule has 0 bridgehead atoms. The van der Waals surface area contributed by atoms with Crippen LogP contribution in [0, 0.1) is 5.92 Å². The van der Waals surface area contributed by atoms with E-state index < -0.39 is 5.97 Å². The van der Waals surface area contributed by atoms with E-state index in [2.05, 4.69) is 10.6 Å². The first-order valence-electron chi connectivity index (χ1n) is 6.86. The van der Waals surface area contributed by atoms with Gasteiger partial charge in [0.1, 0.15) is 0 Å². The number of amides is 2. The smallest absolute Gasteiger partial charge is 0.315 e. The lowest BCUT2D eigenvalue weighted by molar-refractivity contribution is -0.138. The molecule has 2 unspecified atom stereocenters. The molecule has 2 amide bonds. The SMILES string of the molecule is CCC(CNC(=O)NC(CC)c1cccs1)CC(=O)O. The molecule has 0 aliphatic rings. The van der Waals surface area contributed by atoms with Crippen LogP contribution in [0.5, 0.6) is 0 Å². The topological polar surface area (TPSA) is 78.4 Å². The minimum absolute atomic E-state index is 0.00884. The van der Waals surface area contributed by atoms with Crippen molar-refractivity contribution in [1.82, 2.24) is 10.6 Å². The van der Waals surface area contributed by atoms with Gasteiger partial charge in [-0.1, -0.05) is 26.3 Å². The van der Waals surface area contributed by atoms with Crippen molar-refractivity contribution in [2.45, 2.75) is 39.2 Å². The molecule has 0 radical (unpaired) electrons. The Balaban J connectivity index is 2.40. The molecule has 0 spiro atoms. The lowest BCUT2D eigenvalue weighted by atomic mass is 10.0. The highest BCUT2D eigenvalue weighted by molar-refractivity contribution is 7.10. The number of hydrogen-bond acceptors (Lipinski definition) is 3. The summed E-state index contributed by atoms with van der Waals surface area (Å²) >= 11 is 1.61. The molecule has 0 saturated heterocycles. The maximum atomic E-state index is 11.8.